The molecular formula is C15H14O3. The topological polar surface area (TPSA) is 57.5 Å². The quantitative estimate of drug-likeness (QED) is 0.870. The summed E-state index contributed by atoms with van der Waals surface area (Å²) in [6.07, 6.45) is -1.48. The smallest absolute Gasteiger partial charge is 0.337 e. The Bertz CT molecular complexity index is 575. The molecule has 0 aromatic heterocycles. The SMILES string of the molecule is Cc1ccccc1-c1cccc(C(O)C(=O)O)c1. The molecule has 3 nitrogen and oxygen atoms in total. The van der Waals surface area contributed by atoms with E-state index in [1.54, 1.807) is 18.2 Å². The van der Waals surface area contributed by atoms with E-state index in [4.69, 9.17) is 5.11 Å². The molecule has 1 unspecified atom stereocenters. The van der Waals surface area contributed by atoms with Gasteiger partial charge < -0.3 is 10.2 Å². The second kappa shape index (κ2) is 5.02. The fourth-order valence-corrected chi connectivity index (χ4v) is 1.92. The van der Waals surface area contributed by atoms with Gasteiger partial charge in [0.2, 0.25) is 0 Å². The summed E-state index contributed by atoms with van der Waals surface area (Å²) in [5.41, 5.74) is 3.45. The lowest BCUT2D eigenvalue weighted by Gasteiger charge is -2.10. The van der Waals surface area contributed by atoms with E-state index in [1.807, 2.05) is 37.3 Å². The van der Waals surface area contributed by atoms with Gasteiger partial charge in [0.1, 0.15) is 0 Å². The van der Waals surface area contributed by atoms with Crippen molar-refractivity contribution >= 4 is 5.97 Å². The van der Waals surface area contributed by atoms with Crippen LogP contribution in [0.3, 0.4) is 0 Å². The molecule has 18 heavy (non-hydrogen) atoms. The van der Waals surface area contributed by atoms with Crippen LogP contribution in [-0.2, 0) is 4.79 Å². The summed E-state index contributed by atoms with van der Waals surface area (Å²) < 4.78 is 0. The summed E-state index contributed by atoms with van der Waals surface area (Å²) in [7, 11) is 0. The molecule has 0 heterocycles. The Morgan fingerprint density at radius 2 is 1.83 bits per heavy atom. The molecule has 2 aromatic carbocycles. The summed E-state index contributed by atoms with van der Waals surface area (Å²) >= 11 is 0. The molecule has 0 saturated carbocycles. The van der Waals surface area contributed by atoms with Crippen molar-refractivity contribution in [1.82, 2.24) is 0 Å². The molecular weight excluding hydrogens is 228 g/mol. The maximum atomic E-state index is 10.8. The van der Waals surface area contributed by atoms with Crippen LogP contribution in [0.4, 0.5) is 0 Å². The van der Waals surface area contributed by atoms with E-state index >= 15 is 0 Å². The van der Waals surface area contributed by atoms with Crippen LogP contribution in [0.2, 0.25) is 0 Å². The average molecular weight is 242 g/mol. The molecule has 0 fully saturated rings. The first kappa shape index (κ1) is 12.3. The number of benzene rings is 2. The molecule has 0 bridgehead atoms. The normalized spacial score (nSPS) is 12.1. The fourth-order valence-electron chi connectivity index (χ4n) is 1.92. The standard InChI is InChI=1S/C15H14O3/c1-10-5-2-3-8-13(10)11-6-4-7-12(9-11)14(16)15(17)18/h2-9,14,16H,1H3,(H,17,18). The third-order valence-electron chi connectivity index (χ3n) is 2.89. The molecule has 0 radical (unpaired) electrons. The predicted octanol–water partition coefficient (Wildman–Crippen LogP) is 2.78. The number of carboxylic acid groups (broad SMARTS) is 1. The van der Waals surface area contributed by atoms with E-state index in [9.17, 15) is 9.90 Å². The Morgan fingerprint density at radius 3 is 2.50 bits per heavy atom. The van der Waals surface area contributed by atoms with Crippen molar-refractivity contribution < 1.29 is 15.0 Å². The van der Waals surface area contributed by atoms with Crippen LogP contribution in [0, 0.1) is 6.92 Å². The highest BCUT2D eigenvalue weighted by atomic mass is 16.4. The first-order valence-electron chi connectivity index (χ1n) is 5.66. The lowest BCUT2D eigenvalue weighted by atomic mass is 9.97. The number of hydrogen-bond acceptors (Lipinski definition) is 2. The van der Waals surface area contributed by atoms with Crippen molar-refractivity contribution in [2.45, 2.75) is 13.0 Å². The molecule has 0 aliphatic carbocycles. The molecule has 3 heteroatoms. The molecule has 0 aliphatic heterocycles. The predicted molar refractivity (Wildman–Crippen MR) is 69.2 cm³/mol. The number of rotatable bonds is 3. The van der Waals surface area contributed by atoms with Crippen molar-refractivity contribution in [1.29, 1.82) is 0 Å². The minimum absolute atomic E-state index is 0.392. The van der Waals surface area contributed by atoms with Gasteiger partial charge in [-0.05, 0) is 35.2 Å². The molecule has 0 amide bonds. The van der Waals surface area contributed by atoms with E-state index < -0.39 is 12.1 Å². The van der Waals surface area contributed by atoms with Gasteiger partial charge >= 0.3 is 5.97 Å². The average Bonchev–Trinajstić information content (AvgIpc) is 2.38. The summed E-state index contributed by atoms with van der Waals surface area (Å²) in [5, 5.41) is 18.3. The number of aryl methyl sites for hydroxylation is 1. The second-order valence-electron chi connectivity index (χ2n) is 4.18. The number of carbonyl (C=O) groups is 1. The molecule has 0 spiro atoms. The number of carboxylic acids is 1. The minimum atomic E-state index is -1.48. The lowest BCUT2D eigenvalue weighted by Crippen LogP contribution is -2.10. The molecule has 92 valence electrons. The van der Waals surface area contributed by atoms with Gasteiger partial charge in [0.05, 0.1) is 0 Å². The van der Waals surface area contributed by atoms with Gasteiger partial charge in [0, 0.05) is 0 Å². The van der Waals surface area contributed by atoms with Gasteiger partial charge in [-0.2, -0.15) is 0 Å². The van der Waals surface area contributed by atoms with Crippen LogP contribution in [0.5, 0.6) is 0 Å². The summed E-state index contributed by atoms with van der Waals surface area (Å²) in [6, 6.07) is 14.8. The third-order valence-corrected chi connectivity index (χ3v) is 2.89. The maximum Gasteiger partial charge on any atom is 0.337 e. The Kier molecular flexibility index (Phi) is 3.44. The molecule has 0 saturated heterocycles. The van der Waals surface area contributed by atoms with E-state index in [1.165, 1.54) is 0 Å². The van der Waals surface area contributed by atoms with Gasteiger partial charge in [0.25, 0.3) is 0 Å². The molecule has 2 aromatic rings. The van der Waals surface area contributed by atoms with Crippen molar-refractivity contribution in [2.75, 3.05) is 0 Å². The highest BCUT2D eigenvalue weighted by molar-refractivity contribution is 5.76. The third kappa shape index (κ3) is 2.41. The van der Waals surface area contributed by atoms with Crippen molar-refractivity contribution in [2.24, 2.45) is 0 Å². The highest BCUT2D eigenvalue weighted by Gasteiger charge is 2.16. The van der Waals surface area contributed by atoms with Crippen LogP contribution in [0.15, 0.2) is 48.5 Å². The van der Waals surface area contributed by atoms with Crippen molar-refractivity contribution in [3.63, 3.8) is 0 Å². The van der Waals surface area contributed by atoms with Crippen LogP contribution in [-0.4, -0.2) is 16.2 Å². The zero-order chi connectivity index (χ0) is 13.1. The van der Waals surface area contributed by atoms with Gasteiger partial charge in [0.15, 0.2) is 6.10 Å². The number of aliphatic carboxylic acids is 1. The van der Waals surface area contributed by atoms with Gasteiger partial charge in [-0.25, -0.2) is 4.79 Å². The molecule has 2 N–H and O–H groups in total. The van der Waals surface area contributed by atoms with E-state index in [0.29, 0.717) is 5.56 Å². The number of hydrogen-bond donors (Lipinski definition) is 2. The Hall–Kier alpha value is -2.13. The second-order valence-corrected chi connectivity index (χ2v) is 4.18. The lowest BCUT2D eigenvalue weighted by molar-refractivity contribution is -0.146. The Morgan fingerprint density at radius 1 is 1.11 bits per heavy atom. The zero-order valence-electron chi connectivity index (χ0n) is 10.00. The minimum Gasteiger partial charge on any atom is -0.479 e. The summed E-state index contributed by atoms with van der Waals surface area (Å²) in [5.74, 6) is -1.24. The van der Waals surface area contributed by atoms with Gasteiger partial charge in [-0.1, -0.05) is 42.5 Å². The zero-order valence-corrected chi connectivity index (χ0v) is 10.00. The molecule has 1 atom stereocenters. The number of aliphatic hydroxyl groups is 1. The Labute approximate surface area is 105 Å². The van der Waals surface area contributed by atoms with E-state index in [-0.39, 0.29) is 0 Å². The first-order valence-corrected chi connectivity index (χ1v) is 5.66. The Balaban J connectivity index is 2.45. The van der Waals surface area contributed by atoms with Crippen LogP contribution < -0.4 is 0 Å². The summed E-state index contributed by atoms with van der Waals surface area (Å²) in [4.78, 5) is 10.8. The monoisotopic (exact) mass is 242 g/mol. The number of aliphatic hydroxyl groups excluding tert-OH is 1. The van der Waals surface area contributed by atoms with E-state index in [0.717, 1.165) is 16.7 Å². The van der Waals surface area contributed by atoms with Crippen LogP contribution in [0.25, 0.3) is 11.1 Å². The molecule has 2 rings (SSSR count). The van der Waals surface area contributed by atoms with Crippen LogP contribution in [0.1, 0.15) is 17.2 Å². The maximum absolute atomic E-state index is 10.8. The van der Waals surface area contributed by atoms with Gasteiger partial charge in [-0.3, -0.25) is 0 Å². The highest BCUT2D eigenvalue weighted by Crippen LogP contribution is 2.25. The van der Waals surface area contributed by atoms with Crippen molar-refractivity contribution in [3.8, 4) is 11.1 Å². The molecule has 0 aliphatic rings. The first-order chi connectivity index (χ1) is 8.59. The van der Waals surface area contributed by atoms with Crippen LogP contribution >= 0.6 is 0 Å². The van der Waals surface area contributed by atoms with E-state index in [2.05, 4.69) is 0 Å². The fraction of sp³-hybridized carbons (Fsp3) is 0.133. The van der Waals surface area contributed by atoms with Gasteiger partial charge in [-0.15, -0.1) is 0 Å². The largest absolute Gasteiger partial charge is 0.479 e. The summed E-state index contributed by atoms with van der Waals surface area (Å²) in [6.45, 7) is 2.00. The van der Waals surface area contributed by atoms with Crippen molar-refractivity contribution in [3.05, 3.63) is 59.7 Å².